The van der Waals surface area contributed by atoms with Crippen molar-refractivity contribution in [3.63, 3.8) is 0 Å². The Balaban J connectivity index is 0.000000226. The number of carboxylic acids is 2. The van der Waals surface area contributed by atoms with Crippen molar-refractivity contribution in [2.45, 2.75) is 12.8 Å². The van der Waals surface area contributed by atoms with E-state index in [9.17, 15) is 9.59 Å². The number of hydrogen-bond donors (Lipinski definition) is 2. The molecule has 0 fully saturated rings. The molecule has 1 rings (SSSR count). The molecule has 1 aliphatic carbocycles. The highest BCUT2D eigenvalue weighted by atomic mass is 16.4. The molecule has 1 aliphatic rings. The van der Waals surface area contributed by atoms with Gasteiger partial charge in [0, 0.05) is 5.57 Å². The van der Waals surface area contributed by atoms with E-state index in [-0.39, 0.29) is 0 Å². The summed E-state index contributed by atoms with van der Waals surface area (Å²) in [6.07, 6.45) is 4.29. The van der Waals surface area contributed by atoms with E-state index >= 15 is 0 Å². The predicted octanol–water partition coefficient (Wildman–Crippen LogP) is 1.20. The van der Waals surface area contributed by atoms with Gasteiger partial charge in [-0.3, -0.25) is 0 Å². The summed E-state index contributed by atoms with van der Waals surface area (Å²) in [6, 6.07) is 0. The number of carbonyl (C=O) groups is 2. The van der Waals surface area contributed by atoms with Gasteiger partial charge in [-0.1, -0.05) is 12.7 Å². The Hall–Kier alpha value is -1.80. The van der Waals surface area contributed by atoms with Crippen molar-refractivity contribution >= 4 is 11.9 Å². The van der Waals surface area contributed by atoms with Crippen LogP contribution in [0, 0.1) is 0 Å². The summed E-state index contributed by atoms with van der Waals surface area (Å²) < 4.78 is 0. The van der Waals surface area contributed by atoms with E-state index in [1.54, 1.807) is 6.08 Å². The maximum atomic E-state index is 9.91. The third-order valence-corrected chi connectivity index (χ3v) is 1.30. The molecule has 0 saturated heterocycles. The zero-order valence-electron chi connectivity index (χ0n) is 6.99. The maximum Gasteiger partial charge on any atom is 0.336 e. The second-order valence-corrected chi connectivity index (χ2v) is 2.26. The van der Waals surface area contributed by atoms with E-state index in [0.29, 0.717) is 5.57 Å². The van der Waals surface area contributed by atoms with Crippen LogP contribution in [0.2, 0.25) is 0 Å². The Labute approximate surface area is 75.5 Å². The first-order valence-corrected chi connectivity index (χ1v) is 3.59. The van der Waals surface area contributed by atoms with E-state index in [2.05, 4.69) is 12.3 Å². The van der Waals surface area contributed by atoms with Crippen LogP contribution in [0.1, 0.15) is 12.8 Å². The van der Waals surface area contributed by atoms with E-state index in [1.165, 1.54) is 0 Å². The Kier molecular flexibility index (Phi) is 5.00. The number of allylic oxidation sites excluding steroid dienone is 1. The average Bonchev–Trinajstić information content (AvgIpc) is 1.81. The molecule has 0 saturated carbocycles. The lowest BCUT2D eigenvalue weighted by atomic mass is 10.00. The third kappa shape index (κ3) is 5.47. The molecule has 0 aliphatic heterocycles. The fourth-order valence-corrected chi connectivity index (χ4v) is 0.570. The van der Waals surface area contributed by atoms with Crippen LogP contribution in [0.3, 0.4) is 0 Å². The molecule has 70 valence electrons. The molecule has 13 heavy (non-hydrogen) atoms. The highest BCUT2D eigenvalue weighted by Crippen LogP contribution is 2.16. The monoisotopic (exact) mass is 182 g/mol. The number of rotatable bonds is 2. The average molecular weight is 182 g/mol. The molecule has 0 aromatic rings. The fourth-order valence-electron chi connectivity index (χ4n) is 0.570. The van der Waals surface area contributed by atoms with Crippen molar-refractivity contribution in [3.05, 3.63) is 30.0 Å². The molecule has 0 bridgehead atoms. The summed E-state index contributed by atoms with van der Waals surface area (Å²) in [7, 11) is 0. The van der Waals surface area contributed by atoms with E-state index in [1.807, 2.05) is 0 Å². The molecule has 4 nitrogen and oxygen atoms in total. The lowest BCUT2D eigenvalue weighted by molar-refractivity contribution is -0.133. The molecule has 0 amide bonds. The first-order chi connectivity index (χ1) is 6.07. The van der Waals surface area contributed by atoms with Gasteiger partial charge in [0.2, 0.25) is 0 Å². The largest absolute Gasteiger partial charge is 0.478 e. The van der Waals surface area contributed by atoms with Gasteiger partial charge >= 0.3 is 11.9 Å². The van der Waals surface area contributed by atoms with Crippen LogP contribution >= 0.6 is 0 Å². The first kappa shape index (κ1) is 11.2. The van der Waals surface area contributed by atoms with Crippen LogP contribution in [0.25, 0.3) is 0 Å². The van der Waals surface area contributed by atoms with Gasteiger partial charge in [0.05, 0.1) is 6.08 Å². The third-order valence-electron chi connectivity index (χ3n) is 1.30. The molecule has 4 heteroatoms. The summed E-state index contributed by atoms with van der Waals surface area (Å²) >= 11 is 0. The van der Waals surface area contributed by atoms with Crippen molar-refractivity contribution in [1.29, 1.82) is 0 Å². The minimum absolute atomic E-state index is 0.569. The van der Waals surface area contributed by atoms with Crippen LogP contribution in [0.4, 0.5) is 0 Å². The normalized spacial score (nSPS) is 12.2. The van der Waals surface area contributed by atoms with Crippen LogP contribution in [0.5, 0.6) is 0 Å². The van der Waals surface area contributed by atoms with Crippen LogP contribution in [0.15, 0.2) is 30.0 Å². The molecular formula is C9H10O4. The van der Waals surface area contributed by atoms with Gasteiger partial charge in [-0.15, -0.1) is 5.73 Å². The number of aliphatic carboxylic acids is 2. The minimum atomic E-state index is -1.01. The highest BCUT2D eigenvalue weighted by molar-refractivity contribution is 5.87. The molecule has 0 aromatic carbocycles. The molecule has 0 aromatic heterocycles. The quantitative estimate of drug-likeness (QED) is 0.497. The van der Waals surface area contributed by atoms with Gasteiger partial charge in [-0.25, -0.2) is 9.59 Å². The SMILES string of the molecule is C=C=CC(=O)O.O=C(O)C1=CCC1. The Bertz CT molecular complexity index is 282. The molecular weight excluding hydrogens is 172 g/mol. The molecule has 0 radical (unpaired) electrons. The van der Waals surface area contributed by atoms with Crippen molar-refractivity contribution < 1.29 is 19.8 Å². The summed E-state index contributed by atoms with van der Waals surface area (Å²) in [4.78, 5) is 19.4. The van der Waals surface area contributed by atoms with Crippen LogP contribution < -0.4 is 0 Å². The molecule has 0 unspecified atom stereocenters. The summed E-state index contributed by atoms with van der Waals surface area (Å²) in [5.41, 5.74) is 2.66. The van der Waals surface area contributed by atoms with Crippen molar-refractivity contribution in [1.82, 2.24) is 0 Å². The summed E-state index contributed by atoms with van der Waals surface area (Å²) in [5, 5.41) is 15.9. The van der Waals surface area contributed by atoms with Gasteiger partial charge in [0.1, 0.15) is 0 Å². The molecule has 0 spiro atoms. The van der Waals surface area contributed by atoms with Crippen LogP contribution in [-0.2, 0) is 9.59 Å². The van der Waals surface area contributed by atoms with E-state index in [0.717, 1.165) is 18.9 Å². The van der Waals surface area contributed by atoms with Crippen molar-refractivity contribution in [2.75, 3.05) is 0 Å². The van der Waals surface area contributed by atoms with E-state index in [4.69, 9.17) is 10.2 Å². The van der Waals surface area contributed by atoms with Gasteiger partial charge in [-0.2, -0.15) is 0 Å². The second kappa shape index (κ2) is 5.80. The van der Waals surface area contributed by atoms with Gasteiger partial charge in [0.15, 0.2) is 0 Å². The van der Waals surface area contributed by atoms with Crippen molar-refractivity contribution in [2.24, 2.45) is 0 Å². The molecule has 2 N–H and O–H groups in total. The topological polar surface area (TPSA) is 74.6 Å². The highest BCUT2D eigenvalue weighted by Gasteiger charge is 2.11. The first-order valence-electron chi connectivity index (χ1n) is 3.59. The zero-order valence-corrected chi connectivity index (χ0v) is 6.99. The lowest BCUT2D eigenvalue weighted by Gasteiger charge is -2.06. The second-order valence-electron chi connectivity index (χ2n) is 2.26. The van der Waals surface area contributed by atoms with Crippen molar-refractivity contribution in [3.8, 4) is 0 Å². The Morgan fingerprint density at radius 2 is 2.08 bits per heavy atom. The summed E-state index contributed by atoms with van der Waals surface area (Å²) in [5.74, 6) is -1.77. The predicted molar refractivity (Wildman–Crippen MR) is 46.3 cm³/mol. The van der Waals surface area contributed by atoms with Crippen LogP contribution in [-0.4, -0.2) is 22.2 Å². The number of carboxylic acid groups (broad SMARTS) is 2. The number of hydrogen-bond acceptors (Lipinski definition) is 2. The lowest BCUT2D eigenvalue weighted by Crippen LogP contribution is -2.05. The summed E-state index contributed by atoms with van der Waals surface area (Å²) in [6.45, 7) is 3.04. The maximum absolute atomic E-state index is 9.91. The van der Waals surface area contributed by atoms with E-state index < -0.39 is 11.9 Å². The Morgan fingerprint density at radius 3 is 2.08 bits per heavy atom. The molecule has 0 heterocycles. The smallest absolute Gasteiger partial charge is 0.336 e. The standard InChI is InChI=1S/C5H6O2.C4H4O2/c6-5(7)4-2-1-3-4;1-2-3-4(5)6/h2H,1,3H2,(H,6,7);3H,1H2,(H,5,6). The van der Waals surface area contributed by atoms with Gasteiger partial charge in [-0.05, 0) is 12.8 Å². The minimum Gasteiger partial charge on any atom is -0.478 e. The van der Waals surface area contributed by atoms with Gasteiger partial charge in [0.25, 0.3) is 0 Å². The van der Waals surface area contributed by atoms with Gasteiger partial charge < -0.3 is 10.2 Å². The fraction of sp³-hybridized carbons (Fsp3) is 0.222. The zero-order chi connectivity index (χ0) is 10.3. The molecule has 0 atom stereocenters. The Morgan fingerprint density at radius 1 is 1.54 bits per heavy atom.